The van der Waals surface area contributed by atoms with Crippen molar-refractivity contribution in [2.75, 3.05) is 11.4 Å². The van der Waals surface area contributed by atoms with Crippen molar-refractivity contribution in [3.05, 3.63) is 11.1 Å². The maximum atomic E-state index is 5.59. The minimum absolute atomic E-state index is 0.625. The van der Waals surface area contributed by atoms with Gasteiger partial charge in [-0.15, -0.1) is 11.3 Å². The smallest absolute Gasteiger partial charge is 0.185 e. The Morgan fingerprint density at radius 1 is 1.57 bits per heavy atom. The quantitative estimate of drug-likeness (QED) is 0.804. The molecule has 1 aliphatic carbocycles. The summed E-state index contributed by atoms with van der Waals surface area (Å²) in [5, 5.41) is 1.19. The summed E-state index contributed by atoms with van der Waals surface area (Å²) in [7, 11) is 0. The van der Waals surface area contributed by atoms with Gasteiger partial charge in [-0.3, -0.25) is 0 Å². The first-order chi connectivity index (χ1) is 6.86. The molecule has 76 valence electrons. The second kappa shape index (κ2) is 3.21. The number of piperidine rings is 1. The molecule has 0 aromatic carbocycles. The van der Waals surface area contributed by atoms with E-state index in [1.165, 1.54) is 35.8 Å². The van der Waals surface area contributed by atoms with Crippen LogP contribution in [-0.4, -0.2) is 17.6 Å². The monoisotopic (exact) mass is 209 g/mol. The number of anilines is 1. The zero-order valence-corrected chi connectivity index (χ0v) is 8.96. The molecule has 2 N–H and O–H groups in total. The Bertz CT molecular complexity index is 336. The number of hydrogen-bond donors (Lipinski definition) is 1. The third-order valence-electron chi connectivity index (χ3n) is 3.40. The van der Waals surface area contributed by atoms with Gasteiger partial charge in [0.2, 0.25) is 0 Å². The zero-order chi connectivity index (χ0) is 9.54. The van der Waals surface area contributed by atoms with Crippen molar-refractivity contribution in [3.63, 3.8) is 0 Å². The standard InChI is InChI=1S/C10H15N3S/c11-4-9-5-12-10(14-9)13-6-7-1-2-8(13)3-7/h5,7-8H,1-4,6,11H2. The highest BCUT2D eigenvalue weighted by molar-refractivity contribution is 7.15. The summed E-state index contributed by atoms with van der Waals surface area (Å²) in [4.78, 5) is 8.13. The SMILES string of the molecule is NCc1cnc(N2CC3CCC2C3)s1. The van der Waals surface area contributed by atoms with Crippen LogP contribution in [0.2, 0.25) is 0 Å². The van der Waals surface area contributed by atoms with Crippen LogP contribution in [0, 0.1) is 5.92 Å². The molecule has 0 radical (unpaired) electrons. The lowest BCUT2D eigenvalue weighted by molar-refractivity contribution is 0.553. The topological polar surface area (TPSA) is 42.1 Å². The highest BCUT2D eigenvalue weighted by Crippen LogP contribution is 2.41. The molecule has 0 amide bonds. The second-order valence-corrected chi connectivity index (χ2v) is 5.39. The fourth-order valence-electron chi connectivity index (χ4n) is 2.68. The fourth-order valence-corrected chi connectivity index (χ4v) is 3.55. The third-order valence-corrected chi connectivity index (χ3v) is 4.45. The predicted octanol–water partition coefficient (Wildman–Crippen LogP) is 1.59. The van der Waals surface area contributed by atoms with Crippen LogP contribution in [0.15, 0.2) is 6.20 Å². The molecule has 1 saturated heterocycles. The molecule has 2 heterocycles. The number of thiazole rings is 1. The molecule has 2 unspecified atom stereocenters. The summed E-state index contributed by atoms with van der Waals surface area (Å²) in [6, 6.07) is 0.775. The van der Waals surface area contributed by atoms with E-state index in [0.29, 0.717) is 6.54 Å². The van der Waals surface area contributed by atoms with Gasteiger partial charge in [-0.2, -0.15) is 0 Å². The molecule has 2 aliphatic rings. The molecule has 3 rings (SSSR count). The van der Waals surface area contributed by atoms with E-state index >= 15 is 0 Å². The molecule has 1 aliphatic heterocycles. The number of rotatable bonds is 2. The minimum Gasteiger partial charge on any atom is -0.345 e. The number of hydrogen-bond acceptors (Lipinski definition) is 4. The molecule has 0 spiro atoms. The van der Waals surface area contributed by atoms with Gasteiger partial charge in [-0.1, -0.05) is 0 Å². The molecule has 1 aromatic rings. The molecule has 2 atom stereocenters. The Labute approximate surface area is 87.9 Å². The summed E-state index contributed by atoms with van der Waals surface area (Å²) >= 11 is 1.76. The molecule has 2 bridgehead atoms. The summed E-state index contributed by atoms with van der Waals surface area (Å²) in [5.41, 5.74) is 5.59. The second-order valence-electron chi connectivity index (χ2n) is 4.30. The minimum atomic E-state index is 0.625. The van der Waals surface area contributed by atoms with Crippen LogP contribution < -0.4 is 10.6 Å². The van der Waals surface area contributed by atoms with Crippen molar-refractivity contribution >= 4 is 16.5 Å². The van der Waals surface area contributed by atoms with E-state index in [2.05, 4.69) is 9.88 Å². The Balaban J connectivity index is 1.82. The van der Waals surface area contributed by atoms with E-state index in [1.807, 2.05) is 6.20 Å². The van der Waals surface area contributed by atoms with Gasteiger partial charge in [0.05, 0.1) is 0 Å². The van der Waals surface area contributed by atoms with Crippen LogP contribution in [0.1, 0.15) is 24.1 Å². The molecule has 1 aromatic heterocycles. The van der Waals surface area contributed by atoms with Gasteiger partial charge in [-0.25, -0.2) is 4.98 Å². The van der Waals surface area contributed by atoms with Crippen LogP contribution in [0.3, 0.4) is 0 Å². The summed E-state index contributed by atoms with van der Waals surface area (Å²) in [6.07, 6.45) is 6.10. The molecule has 14 heavy (non-hydrogen) atoms. The normalized spacial score (nSPS) is 30.2. The van der Waals surface area contributed by atoms with Gasteiger partial charge < -0.3 is 10.6 Å². The van der Waals surface area contributed by atoms with E-state index < -0.39 is 0 Å². The average Bonchev–Trinajstić information content (AvgIpc) is 2.93. The summed E-state index contributed by atoms with van der Waals surface area (Å²) in [5.74, 6) is 0.935. The first-order valence-electron chi connectivity index (χ1n) is 5.28. The Hall–Kier alpha value is -0.610. The number of aromatic nitrogens is 1. The van der Waals surface area contributed by atoms with Crippen LogP contribution in [0.4, 0.5) is 5.13 Å². The zero-order valence-electron chi connectivity index (χ0n) is 8.15. The summed E-state index contributed by atoms with van der Waals surface area (Å²) in [6.45, 7) is 1.85. The largest absolute Gasteiger partial charge is 0.345 e. The first kappa shape index (κ1) is 8.68. The Morgan fingerprint density at radius 2 is 2.50 bits per heavy atom. The van der Waals surface area contributed by atoms with E-state index in [4.69, 9.17) is 5.73 Å². The van der Waals surface area contributed by atoms with Gasteiger partial charge in [0.25, 0.3) is 0 Å². The number of nitrogens with two attached hydrogens (primary N) is 1. The van der Waals surface area contributed by atoms with Crippen molar-refractivity contribution < 1.29 is 0 Å². The van der Waals surface area contributed by atoms with Gasteiger partial charge >= 0.3 is 0 Å². The molecular formula is C10H15N3S. The molecule has 1 saturated carbocycles. The maximum Gasteiger partial charge on any atom is 0.185 e. The average molecular weight is 209 g/mol. The fraction of sp³-hybridized carbons (Fsp3) is 0.700. The van der Waals surface area contributed by atoms with Crippen molar-refractivity contribution in [1.82, 2.24) is 4.98 Å². The van der Waals surface area contributed by atoms with E-state index in [1.54, 1.807) is 11.3 Å². The van der Waals surface area contributed by atoms with Crippen LogP contribution in [0.5, 0.6) is 0 Å². The highest BCUT2D eigenvalue weighted by Gasteiger charge is 2.38. The van der Waals surface area contributed by atoms with E-state index in [9.17, 15) is 0 Å². The molecule has 2 fully saturated rings. The summed E-state index contributed by atoms with van der Waals surface area (Å²) < 4.78 is 0. The van der Waals surface area contributed by atoms with Crippen LogP contribution in [-0.2, 0) is 6.54 Å². The van der Waals surface area contributed by atoms with Gasteiger partial charge in [0, 0.05) is 30.2 Å². The predicted molar refractivity (Wildman–Crippen MR) is 58.5 cm³/mol. The highest BCUT2D eigenvalue weighted by atomic mass is 32.1. The van der Waals surface area contributed by atoms with Crippen LogP contribution in [0.25, 0.3) is 0 Å². The van der Waals surface area contributed by atoms with Crippen LogP contribution >= 0.6 is 11.3 Å². The molecule has 3 nitrogen and oxygen atoms in total. The Morgan fingerprint density at radius 3 is 3.07 bits per heavy atom. The number of nitrogens with zero attached hydrogens (tertiary/aromatic N) is 2. The third kappa shape index (κ3) is 1.25. The van der Waals surface area contributed by atoms with Crippen molar-refractivity contribution in [2.24, 2.45) is 11.7 Å². The number of fused-ring (bicyclic) bond motifs is 2. The van der Waals surface area contributed by atoms with E-state index in [0.717, 1.165) is 12.0 Å². The lowest BCUT2D eigenvalue weighted by Gasteiger charge is -2.26. The van der Waals surface area contributed by atoms with Crippen molar-refractivity contribution in [2.45, 2.75) is 31.8 Å². The van der Waals surface area contributed by atoms with E-state index in [-0.39, 0.29) is 0 Å². The first-order valence-corrected chi connectivity index (χ1v) is 6.10. The van der Waals surface area contributed by atoms with Gasteiger partial charge in [-0.05, 0) is 25.2 Å². The Kier molecular flexibility index (Phi) is 1.99. The van der Waals surface area contributed by atoms with Gasteiger partial charge in [0.15, 0.2) is 5.13 Å². The molecular weight excluding hydrogens is 194 g/mol. The molecule has 4 heteroatoms. The maximum absolute atomic E-state index is 5.59. The van der Waals surface area contributed by atoms with Gasteiger partial charge in [0.1, 0.15) is 0 Å². The van der Waals surface area contributed by atoms with Crippen molar-refractivity contribution in [1.29, 1.82) is 0 Å². The lowest BCUT2D eigenvalue weighted by atomic mass is 10.1. The van der Waals surface area contributed by atoms with Crippen molar-refractivity contribution in [3.8, 4) is 0 Å². The lowest BCUT2D eigenvalue weighted by Crippen LogP contribution is -2.31.